The molecule has 1 heterocycles. The molecule has 4 rings (SSSR count). The monoisotopic (exact) mass is 446 g/mol. The summed E-state index contributed by atoms with van der Waals surface area (Å²) in [4.78, 5) is 0. The van der Waals surface area contributed by atoms with E-state index in [1.54, 1.807) is 25.1 Å². The quantitative estimate of drug-likeness (QED) is 0.302. The predicted molar refractivity (Wildman–Crippen MR) is 126 cm³/mol. The molecular formula is C24H22N4O3S. The second-order valence-electron chi connectivity index (χ2n) is 6.82. The molecule has 0 bridgehead atoms. The predicted octanol–water partition coefficient (Wildman–Crippen LogP) is 5.09. The number of aromatic amines is 1. The first kappa shape index (κ1) is 21.3. The van der Waals surface area contributed by atoms with E-state index in [1.165, 1.54) is 0 Å². The van der Waals surface area contributed by atoms with Crippen LogP contribution >= 0.6 is 12.2 Å². The number of nitrogens with one attached hydrogen (secondary N) is 1. The molecule has 0 spiro atoms. The molecule has 162 valence electrons. The van der Waals surface area contributed by atoms with Crippen LogP contribution in [0.15, 0.2) is 77.9 Å². The first-order valence-electron chi connectivity index (χ1n) is 9.89. The van der Waals surface area contributed by atoms with Crippen molar-refractivity contribution in [2.45, 2.75) is 6.61 Å². The Kier molecular flexibility index (Phi) is 6.62. The molecule has 0 aliphatic rings. The Labute approximate surface area is 190 Å². The number of nitrogens with zero attached hydrogens (tertiary/aromatic N) is 3. The first-order valence-corrected chi connectivity index (χ1v) is 10.3. The van der Waals surface area contributed by atoms with Crippen molar-refractivity contribution in [2.75, 3.05) is 14.2 Å². The zero-order chi connectivity index (χ0) is 22.3. The molecule has 1 N–H and O–H groups in total. The summed E-state index contributed by atoms with van der Waals surface area (Å²) >= 11 is 5.36. The molecule has 32 heavy (non-hydrogen) atoms. The van der Waals surface area contributed by atoms with Crippen molar-refractivity contribution in [1.29, 1.82) is 0 Å². The molecule has 0 saturated carbocycles. The van der Waals surface area contributed by atoms with Crippen LogP contribution in [0.4, 0.5) is 0 Å². The number of ether oxygens (including phenoxy) is 3. The maximum atomic E-state index is 5.99. The summed E-state index contributed by atoms with van der Waals surface area (Å²) in [5.41, 5.74) is 2.76. The minimum Gasteiger partial charge on any atom is -0.497 e. The van der Waals surface area contributed by atoms with Crippen LogP contribution in [0.5, 0.6) is 17.2 Å². The van der Waals surface area contributed by atoms with Crippen molar-refractivity contribution in [3.8, 4) is 28.6 Å². The number of aromatic nitrogens is 3. The Bertz CT molecular complexity index is 1260. The molecule has 7 nitrogen and oxygen atoms in total. The Morgan fingerprint density at radius 2 is 1.75 bits per heavy atom. The zero-order valence-corrected chi connectivity index (χ0v) is 18.5. The second kappa shape index (κ2) is 9.93. The summed E-state index contributed by atoms with van der Waals surface area (Å²) in [5.74, 6) is 2.64. The van der Waals surface area contributed by atoms with Gasteiger partial charge in [-0.15, -0.1) is 0 Å². The topological polar surface area (TPSA) is 73.7 Å². The molecule has 3 aromatic carbocycles. The van der Waals surface area contributed by atoms with Gasteiger partial charge in [0.15, 0.2) is 17.3 Å². The molecule has 0 fully saturated rings. The normalized spacial score (nSPS) is 10.9. The van der Waals surface area contributed by atoms with Crippen LogP contribution < -0.4 is 14.2 Å². The van der Waals surface area contributed by atoms with E-state index in [9.17, 15) is 0 Å². The van der Waals surface area contributed by atoms with Crippen LogP contribution in [0.1, 0.15) is 11.1 Å². The molecule has 0 saturated heterocycles. The van der Waals surface area contributed by atoms with Gasteiger partial charge in [-0.1, -0.05) is 30.3 Å². The lowest BCUT2D eigenvalue weighted by molar-refractivity contribution is 0.284. The van der Waals surface area contributed by atoms with E-state index in [-0.39, 0.29) is 0 Å². The van der Waals surface area contributed by atoms with Crippen molar-refractivity contribution in [3.63, 3.8) is 0 Å². The maximum absolute atomic E-state index is 5.99. The van der Waals surface area contributed by atoms with Gasteiger partial charge in [-0.05, 0) is 65.8 Å². The summed E-state index contributed by atoms with van der Waals surface area (Å²) in [6.45, 7) is 0.437. The highest BCUT2D eigenvalue weighted by Gasteiger charge is 2.09. The molecule has 0 atom stereocenters. The van der Waals surface area contributed by atoms with Crippen LogP contribution in [0, 0.1) is 4.77 Å². The number of benzene rings is 3. The van der Waals surface area contributed by atoms with E-state index in [4.69, 9.17) is 26.4 Å². The van der Waals surface area contributed by atoms with E-state index in [0.717, 1.165) is 22.4 Å². The maximum Gasteiger partial charge on any atom is 0.216 e. The van der Waals surface area contributed by atoms with Crippen molar-refractivity contribution >= 4 is 18.4 Å². The van der Waals surface area contributed by atoms with Crippen molar-refractivity contribution in [2.24, 2.45) is 5.10 Å². The van der Waals surface area contributed by atoms with E-state index >= 15 is 0 Å². The molecule has 8 heteroatoms. The van der Waals surface area contributed by atoms with Gasteiger partial charge in [-0.2, -0.15) is 14.9 Å². The Hall–Kier alpha value is -3.91. The second-order valence-corrected chi connectivity index (χ2v) is 7.21. The van der Waals surface area contributed by atoms with Gasteiger partial charge in [-0.25, -0.2) is 5.10 Å². The van der Waals surface area contributed by atoms with Gasteiger partial charge in [0.05, 0.1) is 20.4 Å². The number of rotatable bonds is 8. The van der Waals surface area contributed by atoms with E-state index in [1.807, 2.05) is 72.8 Å². The average Bonchev–Trinajstić information content (AvgIpc) is 3.22. The van der Waals surface area contributed by atoms with Crippen LogP contribution in [0.2, 0.25) is 0 Å². The number of hydrogen-bond acceptors (Lipinski definition) is 6. The highest BCUT2D eigenvalue weighted by Crippen LogP contribution is 2.28. The van der Waals surface area contributed by atoms with Gasteiger partial charge in [0.1, 0.15) is 12.4 Å². The van der Waals surface area contributed by atoms with Crippen LogP contribution in [-0.2, 0) is 6.61 Å². The summed E-state index contributed by atoms with van der Waals surface area (Å²) in [7, 11) is 3.24. The van der Waals surface area contributed by atoms with E-state index < -0.39 is 0 Å². The Morgan fingerprint density at radius 1 is 0.969 bits per heavy atom. The standard InChI is InChI=1S/C24H22N4O3S/c1-29-20-11-9-19(10-12-20)23-26-27-24(32)28(23)25-15-18-8-13-21(30-2)22(14-18)31-16-17-6-4-3-5-7-17/h3-15H,16H2,1-2H3,(H,27,32)/b25-15+. The Morgan fingerprint density at radius 3 is 2.47 bits per heavy atom. The highest BCUT2D eigenvalue weighted by molar-refractivity contribution is 7.71. The summed E-state index contributed by atoms with van der Waals surface area (Å²) < 4.78 is 18.6. The minimum atomic E-state index is 0.390. The van der Waals surface area contributed by atoms with Gasteiger partial charge in [0.2, 0.25) is 4.77 Å². The van der Waals surface area contributed by atoms with Gasteiger partial charge in [0, 0.05) is 5.56 Å². The summed E-state index contributed by atoms with van der Waals surface area (Å²) in [6, 6.07) is 23.1. The molecule has 1 aromatic heterocycles. The SMILES string of the molecule is COc1ccc(-c2n[nH]c(=S)n2/N=C/c2ccc(OC)c(OCc3ccccc3)c2)cc1. The van der Waals surface area contributed by atoms with E-state index in [2.05, 4.69) is 15.3 Å². The van der Waals surface area contributed by atoms with Crippen molar-refractivity contribution in [3.05, 3.63) is 88.7 Å². The molecule has 4 aromatic rings. The fourth-order valence-electron chi connectivity index (χ4n) is 3.07. The van der Waals surface area contributed by atoms with Crippen LogP contribution in [-0.4, -0.2) is 35.3 Å². The zero-order valence-electron chi connectivity index (χ0n) is 17.7. The molecule has 0 unspecified atom stereocenters. The third-order valence-corrected chi connectivity index (χ3v) is 5.01. The molecule has 0 aliphatic heterocycles. The fourth-order valence-corrected chi connectivity index (χ4v) is 3.25. The van der Waals surface area contributed by atoms with Gasteiger partial charge in [0.25, 0.3) is 0 Å². The molecule has 0 aliphatic carbocycles. The molecule has 0 amide bonds. The third kappa shape index (κ3) is 4.87. The first-order chi connectivity index (χ1) is 15.7. The fraction of sp³-hybridized carbons (Fsp3) is 0.125. The molecule has 0 radical (unpaired) electrons. The summed E-state index contributed by atoms with van der Waals surface area (Å²) in [6.07, 6.45) is 1.70. The number of H-pyrrole nitrogens is 1. The van der Waals surface area contributed by atoms with Crippen molar-refractivity contribution in [1.82, 2.24) is 14.9 Å². The van der Waals surface area contributed by atoms with E-state index in [0.29, 0.717) is 28.7 Å². The van der Waals surface area contributed by atoms with Crippen LogP contribution in [0.3, 0.4) is 0 Å². The van der Waals surface area contributed by atoms with Crippen molar-refractivity contribution < 1.29 is 14.2 Å². The van der Waals surface area contributed by atoms with Gasteiger partial charge < -0.3 is 14.2 Å². The lowest BCUT2D eigenvalue weighted by atomic mass is 10.2. The number of hydrogen-bond donors (Lipinski definition) is 1. The lowest BCUT2D eigenvalue weighted by Gasteiger charge is -2.11. The molecular weight excluding hydrogens is 424 g/mol. The average molecular weight is 447 g/mol. The third-order valence-electron chi connectivity index (χ3n) is 4.75. The Balaban J connectivity index is 1.58. The smallest absolute Gasteiger partial charge is 0.216 e. The van der Waals surface area contributed by atoms with Crippen LogP contribution in [0.25, 0.3) is 11.4 Å². The number of methoxy groups -OCH3 is 2. The highest BCUT2D eigenvalue weighted by atomic mass is 32.1. The largest absolute Gasteiger partial charge is 0.497 e. The minimum absolute atomic E-state index is 0.390. The lowest BCUT2D eigenvalue weighted by Crippen LogP contribution is -1.99. The summed E-state index contributed by atoms with van der Waals surface area (Å²) in [5, 5.41) is 11.6. The van der Waals surface area contributed by atoms with Gasteiger partial charge in [-0.3, -0.25) is 0 Å². The van der Waals surface area contributed by atoms with Gasteiger partial charge >= 0.3 is 0 Å².